The largest absolute Gasteiger partial charge is 0.508 e. The predicted molar refractivity (Wildman–Crippen MR) is 263 cm³/mol. The van der Waals surface area contributed by atoms with E-state index in [0.29, 0.717) is 22.0 Å². The van der Waals surface area contributed by atoms with Crippen molar-refractivity contribution in [3.05, 3.63) is 120 Å². The van der Waals surface area contributed by atoms with E-state index in [4.69, 9.17) is 61.6 Å². The lowest BCUT2D eigenvalue weighted by Gasteiger charge is -2.31. The highest BCUT2D eigenvalue weighted by Crippen LogP contribution is 2.30. The molecule has 29 nitrogen and oxygen atoms in total. The number of aromatic nitrogens is 2. The lowest BCUT2D eigenvalue weighted by molar-refractivity contribution is -0.136. The third-order valence-corrected chi connectivity index (χ3v) is 9.63. The van der Waals surface area contributed by atoms with Gasteiger partial charge in [-0.2, -0.15) is 0 Å². The van der Waals surface area contributed by atoms with Crippen LogP contribution in [0.25, 0.3) is 22.3 Å². The van der Waals surface area contributed by atoms with Crippen LogP contribution in [0.4, 0.5) is 5.82 Å². The van der Waals surface area contributed by atoms with Crippen molar-refractivity contribution < 1.29 is 39.0 Å². The zero-order chi connectivity index (χ0) is 52.6. The fraction of sp³-hybridized carbons (Fsp3) is 0.163. The van der Waals surface area contributed by atoms with Gasteiger partial charge in [0.25, 0.3) is 29.5 Å². The summed E-state index contributed by atoms with van der Waals surface area (Å²) in [6.45, 7) is -0.174. The number of aliphatic hydroxyl groups is 1. The van der Waals surface area contributed by atoms with Gasteiger partial charge in [-0.3, -0.25) is 28.8 Å². The van der Waals surface area contributed by atoms with Crippen LogP contribution in [0.3, 0.4) is 0 Å². The van der Waals surface area contributed by atoms with E-state index in [0.717, 1.165) is 0 Å². The van der Waals surface area contributed by atoms with Crippen molar-refractivity contribution >= 4 is 76.0 Å². The number of benzene rings is 4. The van der Waals surface area contributed by atoms with Gasteiger partial charge in [0.1, 0.15) is 17.6 Å². The fourth-order valence-electron chi connectivity index (χ4n) is 6.47. The first-order valence-electron chi connectivity index (χ1n) is 21.0. The summed E-state index contributed by atoms with van der Waals surface area (Å²) in [5, 5.41) is 33.5. The monoisotopic (exact) mass is 989 g/mol. The summed E-state index contributed by atoms with van der Waals surface area (Å²) in [5.74, 6) is -10.2. The van der Waals surface area contributed by atoms with Crippen molar-refractivity contribution in [3.63, 3.8) is 0 Å². The summed E-state index contributed by atoms with van der Waals surface area (Å²) in [5.41, 5.74) is 50.9. The Hall–Kier alpha value is -10.3. The van der Waals surface area contributed by atoms with Crippen molar-refractivity contribution in [1.82, 2.24) is 36.6 Å². The normalized spacial score (nSPS) is 13.1. The third kappa shape index (κ3) is 14.6. The van der Waals surface area contributed by atoms with E-state index in [-0.39, 0.29) is 29.5 Å². The minimum Gasteiger partial charge on any atom is -0.508 e. The van der Waals surface area contributed by atoms with Crippen molar-refractivity contribution in [2.75, 3.05) is 4.90 Å². The lowest BCUT2D eigenvalue weighted by Crippen LogP contribution is -2.58. The number of guanidine groups is 4. The fourth-order valence-corrected chi connectivity index (χ4v) is 6.47. The molecule has 5 aromatic rings. The molecule has 0 spiro atoms. The average Bonchev–Trinajstić information content (AvgIpc) is 3.33. The Bertz CT molecular complexity index is 2890. The maximum Gasteiger partial charge on any atom is 0.271 e. The van der Waals surface area contributed by atoms with Gasteiger partial charge in [0.2, 0.25) is 36.8 Å². The smallest absolute Gasteiger partial charge is 0.271 e. The van der Waals surface area contributed by atoms with Gasteiger partial charge in [-0.15, -0.1) is 0 Å². The molecule has 25 N–H and O–H groups in total. The van der Waals surface area contributed by atoms with Crippen LogP contribution < -0.4 is 83.1 Å². The topological polar surface area (TPSA) is 516 Å². The zero-order valence-corrected chi connectivity index (χ0v) is 37.7. The van der Waals surface area contributed by atoms with Gasteiger partial charge in [0.15, 0.2) is 29.7 Å². The number of nitrogens with two attached hydrogens (primary N) is 9. The van der Waals surface area contributed by atoms with Gasteiger partial charge in [0.05, 0.1) is 5.52 Å². The minimum absolute atomic E-state index is 0.0410. The van der Waals surface area contributed by atoms with Gasteiger partial charge in [-0.05, 0) is 35.4 Å². The minimum atomic E-state index is -2.16. The summed E-state index contributed by atoms with van der Waals surface area (Å²) in [6.07, 6.45) is -10.3. The molecule has 0 saturated carbocycles. The molecule has 6 unspecified atom stereocenters. The Morgan fingerprint density at radius 2 is 0.958 bits per heavy atom. The number of phenols is 1. The number of aliphatic hydroxyl groups excluding tert-OH is 1. The van der Waals surface area contributed by atoms with E-state index in [2.05, 4.69) is 35.9 Å². The number of hydrogen-bond acceptors (Lipinski definition) is 15. The van der Waals surface area contributed by atoms with E-state index < -0.39 is 96.2 Å². The molecule has 0 aliphatic carbocycles. The number of anilines is 1. The Balaban J connectivity index is 1.46. The van der Waals surface area contributed by atoms with E-state index in [1.807, 2.05) is 16.7 Å². The first kappa shape index (κ1) is 52.6. The average molecular weight is 990 g/mol. The Morgan fingerprint density at radius 3 is 1.46 bits per heavy atom. The molecule has 376 valence electrons. The van der Waals surface area contributed by atoms with E-state index in [9.17, 15) is 39.0 Å². The van der Waals surface area contributed by atoms with Gasteiger partial charge in [0, 0.05) is 17.5 Å². The molecule has 29 heteroatoms. The molecule has 72 heavy (non-hydrogen) atoms. The Morgan fingerprint density at radius 1 is 0.514 bits per heavy atom. The molecule has 4 aromatic carbocycles. The summed E-state index contributed by atoms with van der Waals surface area (Å²) in [6, 6.07) is 27.7. The second-order valence-corrected chi connectivity index (χ2v) is 15.0. The molecular weight excluding hydrogens is 939 g/mol. The van der Waals surface area contributed by atoms with Crippen molar-refractivity contribution in [2.45, 2.75) is 43.5 Å². The molecule has 6 amide bonds. The van der Waals surface area contributed by atoms with Crippen LogP contribution >= 0.6 is 0 Å². The maximum absolute atomic E-state index is 14.5. The van der Waals surface area contributed by atoms with Crippen molar-refractivity contribution in [2.24, 2.45) is 71.6 Å². The number of fused-ring (bicyclic) bond motifs is 1. The zero-order valence-electron chi connectivity index (χ0n) is 37.7. The number of carbonyl (C=O) groups is 6. The molecule has 0 saturated heterocycles. The van der Waals surface area contributed by atoms with Gasteiger partial charge < -0.3 is 93.3 Å². The lowest BCUT2D eigenvalue weighted by atomic mass is 10.1. The van der Waals surface area contributed by atoms with Crippen LogP contribution in [0, 0.1) is 0 Å². The Kier molecular flexibility index (Phi) is 17.6. The highest BCUT2D eigenvalue weighted by atomic mass is 16.3. The quantitative estimate of drug-likeness (QED) is 0.0185. The Labute approximate surface area is 408 Å². The SMILES string of the molecule is NC(=O)C(N=C(N)N)NC(=O)C(N=C(N)N)NC(=O)C(N=C(N)N)NC(=O)C(N=C(N)N)NC(=O)C(NC(=O)C(O)N(Cc1ccc(O)cc1)c1nc(-c2ccccc2)nc2ccccc12)c1ccccc1. The summed E-state index contributed by atoms with van der Waals surface area (Å²) in [7, 11) is 0. The molecule has 0 aliphatic rings. The maximum atomic E-state index is 14.5. The number of primary amides is 1. The number of hydrogen-bond donors (Lipinski definition) is 16. The second-order valence-electron chi connectivity index (χ2n) is 15.0. The third-order valence-electron chi connectivity index (χ3n) is 9.63. The molecular formula is C43H51N21O8. The summed E-state index contributed by atoms with van der Waals surface area (Å²) >= 11 is 0. The first-order valence-corrected chi connectivity index (χ1v) is 21.0. The predicted octanol–water partition coefficient (Wildman–Crippen LogP) is -5.47. The molecule has 0 fully saturated rings. The van der Waals surface area contributed by atoms with Gasteiger partial charge >= 0.3 is 0 Å². The van der Waals surface area contributed by atoms with Gasteiger partial charge in [-0.25, -0.2) is 29.9 Å². The molecule has 0 aliphatic heterocycles. The van der Waals surface area contributed by atoms with E-state index in [1.165, 1.54) is 41.3 Å². The van der Waals surface area contributed by atoms with Crippen LogP contribution in [0.1, 0.15) is 17.2 Å². The standard InChI is InChI=1S/C43H51N21O8/c44-27(66)29(60-40(45)46)56-35(68)31(62-42(49)50)58-37(70)32(63-43(51)52)59-36(69)30(61-41(47)48)57-34(67)26(21-9-3-1-4-10-21)54-38(71)39(72)64(19-20-15-17-23(65)18-16-20)33-24-13-7-8-14-25(24)53-28(55-33)22-11-5-2-6-12-22/h1-18,26,29-32,39,65,72H,19H2,(H2,44,66)(H,54,71)(H,56,68)(H,57,67)(H,58,70)(H,59,69)(H4,45,46,60)(H4,47,48,61)(H4,49,50,62)(H4,51,52,63). The molecule has 0 radical (unpaired) electrons. The van der Waals surface area contributed by atoms with Crippen LogP contribution in [-0.4, -0.2) is 110 Å². The molecule has 1 heterocycles. The summed E-state index contributed by atoms with van der Waals surface area (Å²) < 4.78 is 0. The number of nitrogens with zero attached hydrogens (tertiary/aromatic N) is 7. The summed E-state index contributed by atoms with van der Waals surface area (Å²) in [4.78, 5) is 107. The van der Waals surface area contributed by atoms with Crippen molar-refractivity contribution in [3.8, 4) is 17.1 Å². The number of aliphatic imine (C=N–C) groups is 4. The van der Waals surface area contributed by atoms with E-state index >= 15 is 0 Å². The number of aromatic hydroxyl groups is 1. The molecule has 6 atom stereocenters. The number of nitrogens with one attached hydrogen (secondary N) is 5. The number of rotatable bonds is 21. The number of para-hydroxylation sites is 1. The highest BCUT2D eigenvalue weighted by Gasteiger charge is 2.35. The molecule has 5 rings (SSSR count). The van der Waals surface area contributed by atoms with Crippen LogP contribution in [-0.2, 0) is 35.3 Å². The van der Waals surface area contributed by atoms with Crippen LogP contribution in [0.2, 0.25) is 0 Å². The highest BCUT2D eigenvalue weighted by molar-refractivity contribution is 5.99. The van der Waals surface area contributed by atoms with Crippen LogP contribution in [0.5, 0.6) is 5.75 Å². The second kappa shape index (κ2) is 24.1. The van der Waals surface area contributed by atoms with Crippen molar-refractivity contribution in [1.29, 1.82) is 0 Å². The number of carbonyl (C=O) groups excluding carboxylic acids is 6. The molecule has 0 bridgehead atoms. The van der Waals surface area contributed by atoms with E-state index in [1.54, 1.807) is 66.7 Å². The van der Waals surface area contributed by atoms with Gasteiger partial charge in [-0.1, -0.05) is 84.9 Å². The number of phenolic OH excluding ortho intramolecular Hbond substituents is 1. The molecule has 1 aromatic heterocycles. The number of amides is 6. The van der Waals surface area contributed by atoms with Crippen LogP contribution in [0.15, 0.2) is 129 Å². The first-order chi connectivity index (χ1) is 34.2.